The van der Waals surface area contributed by atoms with E-state index in [2.05, 4.69) is 20.1 Å². The Kier molecular flexibility index (Phi) is 4.05. The van der Waals surface area contributed by atoms with Gasteiger partial charge in [0.05, 0.1) is 19.4 Å². The monoisotopic (exact) mass is 356 g/mol. The Bertz CT molecular complexity index is 802. The molecule has 3 aliphatic rings. The fourth-order valence-corrected chi connectivity index (χ4v) is 4.42. The molecule has 2 aromatic heterocycles. The maximum atomic E-state index is 12.6. The van der Waals surface area contributed by atoms with Crippen molar-refractivity contribution in [2.75, 3.05) is 50.8 Å². The van der Waals surface area contributed by atoms with Crippen LogP contribution >= 0.6 is 0 Å². The average molecular weight is 356 g/mol. The number of amides is 1. The first-order valence-electron chi connectivity index (χ1n) is 9.50. The smallest absolute Gasteiger partial charge is 0.270 e. The molecule has 7 nitrogen and oxygen atoms in total. The zero-order valence-corrected chi connectivity index (χ0v) is 14.8. The quantitative estimate of drug-likeness (QED) is 0.898. The number of aromatic nitrogens is 1. The lowest BCUT2D eigenvalue weighted by atomic mass is 9.97. The highest BCUT2D eigenvalue weighted by Gasteiger charge is 2.33. The van der Waals surface area contributed by atoms with Crippen LogP contribution < -0.4 is 10.2 Å². The summed E-state index contributed by atoms with van der Waals surface area (Å²) < 4.78 is 11.3. The summed E-state index contributed by atoms with van der Waals surface area (Å²) in [5.41, 5.74) is 1.17. The largest absolute Gasteiger partial charge is 0.439 e. The van der Waals surface area contributed by atoms with E-state index in [9.17, 15) is 4.79 Å². The van der Waals surface area contributed by atoms with Crippen molar-refractivity contribution in [3.8, 4) is 0 Å². The topological polar surface area (TPSA) is 70.8 Å². The summed E-state index contributed by atoms with van der Waals surface area (Å²) in [4.78, 5) is 21.6. The Hall–Kier alpha value is -2.12. The van der Waals surface area contributed by atoms with Crippen molar-refractivity contribution < 1.29 is 13.9 Å². The first-order chi connectivity index (χ1) is 12.7. The van der Waals surface area contributed by atoms with Gasteiger partial charge < -0.3 is 24.3 Å². The van der Waals surface area contributed by atoms with Crippen LogP contribution in [0.4, 0.5) is 5.88 Å². The number of morpholine rings is 1. The minimum atomic E-state index is -0.0893. The van der Waals surface area contributed by atoms with Gasteiger partial charge in [-0.1, -0.05) is 0 Å². The molecule has 7 heteroatoms. The van der Waals surface area contributed by atoms with Gasteiger partial charge in [-0.25, -0.2) is 4.98 Å². The van der Waals surface area contributed by atoms with Crippen molar-refractivity contribution in [3.63, 3.8) is 0 Å². The third kappa shape index (κ3) is 3.05. The highest BCUT2D eigenvalue weighted by molar-refractivity contribution is 5.96. The van der Waals surface area contributed by atoms with Crippen molar-refractivity contribution in [3.05, 3.63) is 24.0 Å². The molecule has 2 bridgehead atoms. The molecular weight excluding hydrogens is 332 g/mol. The molecule has 0 aromatic carbocycles. The van der Waals surface area contributed by atoms with Crippen molar-refractivity contribution >= 4 is 22.8 Å². The summed E-state index contributed by atoms with van der Waals surface area (Å²) in [6.07, 6.45) is 4.00. The number of fused-ring (bicyclic) bond motifs is 3. The summed E-state index contributed by atoms with van der Waals surface area (Å²) in [5, 5.41) is 4.09. The highest BCUT2D eigenvalue weighted by atomic mass is 16.5. The van der Waals surface area contributed by atoms with Gasteiger partial charge in [0, 0.05) is 43.7 Å². The van der Waals surface area contributed by atoms with Crippen LogP contribution in [-0.4, -0.2) is 67.8 Å². The maximum absolute atomic E-state index is 12.6. The summed E-state index contributed by atoms with van der Waals surface area (Å²) in [6, 6.07) is 4.05. The first kappa shape index (κ1) is 16.1. The molecule has 3 atom stereocenters. The number of nitrogens with one attached hydrogen (secondary N) is 1. The van der Waals surface area contributed by atoms with Crippen LogP contribution in [0.1, 0.15) is 23.3 Å². The third-order valence-electron chi connectivity index (χ3n) is 5.75. The number of furan rings is 1. The summed E-state index contributed by atoms with van der Waals surface area (Å²) in [6.45, 7) is 6.37. The Morgan fingerprint density at radius 3 is 2.92 bits per heavy atom. The van der Waals surface area contributed by atoms with Gasteiger partial charge in [-0.05, 0) is 31.4 Å². The number of carbonyl (C=O) groups is 1. The molecule has 5 rings (SSSR count). The molecule has 138 valence electrons. The molecule has 3 unspecified atom stereocenters. The fraction of sp³-hybridized carbons (Fsp3) is 0.579. The van der Waals surface area contributed by atoms with Crippen molar-refractivity contribution in [1.82, 2.24) is 15.2 Å². The van der Waals surface area contributed by atoms with Gasteiger partial charge in [0.15, 0.2) is 11.5 Å². The van der Waals surface area contributed by atoms with Gasteiger partial charge in [0.25, 0.3) is 5.91 Å². The van der Waals surface area contributed by atoms with Gasteiger partial charge >= 0.3 is 0 Å². The Balaban J connectivity index is 1.31. The number of anilines is 1. The molecule has 1 N–H and O–H groups in total. The predicted octanol–water partition coefficient (Wildman–Crippen LogP) is 1.49. The second-order valence-corrected chi connectivity index (χ2v) is 7.61. The zero-order chi connectivity index (χ0) is 17.5. The number of piperidine rings is 1. The van der Waals surface area contributed by atoms with E-state index in [0.29, 0.717) is 24.5 Å². The van der Waals surface area contributed by atoms with E-state index in [1.54, 1.807) is 6.20 Å². The lowest BCUT2D eigenvalue weighted by Gasteiger charge is -2.30. The number of hydrogen-bond acceptors (Lipinski definition) is 6. The zero-order valence-electron chi connectivity index (χ0n) is 14.8. The number of rotatable bonds is 3. The third-order valence-corrected chi connectivity index (χ3v) is 5.75. The lowest BCUT2D eigenvalue weighted by Crippen LogP contribution is -2.47. The first-order valence-corrected chi connectivity index (χ1v) is 9.50. The Morgan fingerprint density at radius 2 is 2.08 bits per heavy atom. The molecule has 2 aromatic rings. The minimum absolute atomic E-state index is 0.0893. The maximum Gasteiger partial charge on any atom is 0.270 e. The lowest BCUT2D eigenvalue weighted by molar-refractivity contribution is 0.0904. The highest BCUT2D eigenvalue weighted by Crippen LogP contribution is 2.28. The van der Waals surface area contributed by atoms with Crippen LogP contribution in [0.25, 0.3) is 11.0 Å². The molecule has 0 aliphatic carbocycles. The number of ether oxygens (including phenoxy) is 1. The number of hydrogen-bond donors (Lipinski definition) is 1. The van der Waals surface area contributed by atoms with E-state index < -0.39 is 0 Å². The number of nitrogens with zero attached hydrogens (tertiary/aromatic N) is 3. The van der Waals surface area contributed by atoms with Crippen LogP contribution in [0.15, 0.2) is 22.7 Å². The van der Waals surface area contributed by atoms with E-state index in [4.69, 9.17) is 9.15 Å². The number of carbonyl (C=O) groups excluding carboxylic acids is 1. The van der Waals surface area contributed by atoms with Crippen molar-refractivity contribution in [2.24, 2.45) is 5.92 Å². The van der Waals surface area contributed by atoms with Crippen LogP contribution in [0.2, 0.25) is 0 Å². The molecule has 26 heavy (non-hydrogen) atoms. The summed E-state index contributed by atoms with van der Waals surface area (Å²) >= 11 is 0. The standard InChI is InChI=1S/C19H24N4O3/c24-19(21-15-7-13-1-2-22(11-13)12-15)16-8-14-9-18(26-17(14)10-20-16)23-3-5-25-6-4-23/h8-10,13,15H,1-7,11-12H2,(H,21,24). The Morgan fingerprint density at radius 1 is 1.19 bits per heavy atom. The molecule has 0 spiro atoms. The van der Waals surface area contributed by atoms with E-state index in [0.717, 1.165) is 43.2 Å². The van der Waals surface area contributed by atoms with Crippen molar-refractivity contribution in [1.29, 1.82) is 0 Å². The Labute approximate surface area is 152 Å². The summed E-state index contributed by atoms with van der Waals surface area (Å²) in [5.74, 6) is 1.46. The average Bonchev–Trinajstić information content (AvgIpc) is 3.24. The van der Waals surface area contributed by atoms with Gasteiger partial charge in [-0.3, -0.25) is 4.79 Å². The predicted molar refractivity (Wildman–Crippen MR) is 97.5 cm³/mol. The van der Waals surface area contributed by atoms with Crippen LogP contribution in [0, 0.1) is 5.92 Å². The van der Waals surface area contributed by atoms with Gasteiger partial charge in [0.1, 0.15) is 5.69 Å². The minimum Gasteiger partial charge on any atom is -0.439 e. The molecule has 3 fully saturated rings. The fourth-order valence-electron chi connectivity index (χ4n) is 4.42. The molecule has 5 heterocycles. The second-order valence-electron chi connectivity index (χ2n) is 7.61. The second kappa shape index (κ2) is 6.55. The molecule has 1 amide bonds. The van der Waals surface area contributed by atoms with E-state index in [1.165, 1.54) is 19.5 Å². The van der Waals surface area contributed by atoms with E-state index >= 15 is 0 Å². The van der Waals surface area contributed by atoms with E-state index in [1.807, 2.05) is 12.1 Å². The summed E-state index contributed by atoms with van der Waals surface area (Å²) in [7, 11) is 0. The van der Waals surface area contributed by atoms with Gasteiger partial charge in [-0.2, -0.15) is 0 Å². The molecule has 0 radical (unpaired) electrons. The molecule has 0 saturated carbocycles. The molecule has 3 saturated heterocycles. The van der Waals surface area contributed by atoms with Gasteiger partial charge in [0.2, 0.25) is 0 Å². The van der Waals surface area contributed by atoms with Crippen LogP contribution in [0.5, 0.6) is 0 Å². The van der Waals surface area contributed by atoms with Gasteiger partial charge in [-0.15, -0.1) is 0 Å². The SMILES string of the molecule is O=C(NC1CC2CCN(C2)C1)c1cc2cc(N3CCOCC3)oc2cn1. The molecule has 3 aliphatic heterocycles. The van der Waals surface area contributed by atoms with E-state index in [-0.39, 0.29) is 11.9 Å². The van der Waals surface area contributed by atoms with Crippen LogP contribution in [0.3, 0.4) is 0 Å². The van der Waals surface area contributed by atoms with Crippen molar-refractivity contribution in [2.45, 2.75) is 18.9 Å². The molecular formula is C19H24N4O3. The number of pyridine rings is 1. The normalized spacial score (nSPS) is 28.5. The van der Waals surface area contributed by atoms with Crippen LogP contribution in [-0.2, 0) is 4.74 Å².